The molecule has 0 unspecified atom stereocenters. The fourth-order valence-corrected chi connectivity index (χ4v) is 3.41. The summed E-state index contributed by atoms with van der Waals surface area (Å²) in [7, 11) is 0. The first kappa shape index (κ1) is 22.2. The molecule has 8 nitrogen and oxygen atoms in total. The standard InChI is InChI=1S/C24H20ClN3O5/c25-18-8-4-5-9-20(18)32-14-23(30)27-17-10-11-21-19(12-17)28(24(31)15-33-21)13-22(29)26-16-6-2-1-3-7-16/h1-12H,13-15H2,(H,26,29)(H,27,30). The molecule has 0 fully saturated rings. The minimum atomic E-state index is -0.411. The van der Waals surface area contributed by atoms with Gasteiger partial charge in [-0.15, -0.1) is 0 Å². The van der Waals surface area contributed by atoms with Gasteiger partial charge in [0.15, 0.2) is 13.2 Å². The third-order valence-electron chi connectivity index (χ3n) is 4.74. The molecule has 2 N–H and O–H groups in total. The lowest BCUT2D eigenvalue weighted by Gasteiger charge is -2.29. The first-order chi connectivity index (χ1) is 16.0. The molecule has 1 heterocycles. The molecule has 0 saturated carbocycles. The lowest BCUT2D eigenvalue weighted by molar-refractivity contribution is -0.123. The van der Waals surface area contributed by atoms with E-state index < -0.39 is 5.91 Å². The average molecular weight is 466 g/mol. The number of anilines is 3. The van der Waals surface area contributed by atoms with Crippen LogP contribution in [0.4, 0.5) is 17.1 Å². The van der Waals surface area contributed by atoms with Gasteiger partial charge in [-0.2, -0.15) is 0 Å². The SMILES string of the molecule is O=C(COc1ccccc1Cl)Nc1ccc2c(c1)N(CC(=O)Nc1ccccc1)C(=O)CO2. The number of fused-ring (bicyclic) bond motifs is 1. The van der Waals surface area contributed by atoms with Crippen molar-refractivity contribution in [2.45, 2.75) is 0 Å². The minimum Gasteiger partial charge on any atom is -0.482 e. The third-order valence-corrected chi connectivity index (χ3v) is 5.05. The Kier molecular flexibility index (Phi) is 6.75. The maximum atomic E-state index is 12.5. The normalized spacial score (nSPS) is 12.4. The van der Waals surface area contributed by atoms with Crippen LogP contribution >= 0.6 is 11.6 Å². The summed E-state index contributed by atoms with van der Waals surface area (Å²) in [6.07, 6.45) is 0. The molecule has 0 atom stereocenters. The molecule has 0 aromatic heterocycles. The van der Waals surface area contributed by atoms with Crippen molar-refractivity contribution in [3.8, 4) is 11.5 Å². The summed E-state index contributed by atoms with van der Waals surface area (Å²) >= 11 is 6.03. The molecule has 1 aliphatic heterocycles. The Morgan fingerprint density at radius 1 is 0.939 bits per heavy atom. The number of para-hydroxylation sites is 2. The zero-order valence-electron chi connectivity index (χ0n) is 17.4. The Labute approximate surface area is 195 Å². The van der Waals surface area contributed by atoms with E-state index in [0.717, 1.165) is 0 Å². The number of benzene rings is 3. The molecule has 9 heteroatoms. The van der Waals surface area contributed by atoms with Crippen molar-refractivity contribution < 1.29 is 23.9 Å². The summed E-state index contributed by atoms with van der Waals surface area (Å²) in [5.41, 5.74) is 1.44. The van der Waals surface area contributed by atoms with E-state index in [-0.39, 0.29) is 31.6 Å². The topological polar surface area (TPSA) is 97.0 Å². The molecule has 3 aromatic carbocycles. The van der Waals surface area contributed by atoms with Crippen LogP contribution in [0.2, 0.25) is 5.02 Å². The van der Waals surface area contributed by atoms with Crippen molar-refractivity contribution in [3.05, 3.63) is 77.8 Å². The highest BCUT2D eigenvalue weighted by Gasteiger charge is 2.28. The summed E-state index contributed by atoms with van der Waals surface area (Å²) in [4.78, 5) is 38.6. The Bertz CT molecular complexity index is 1190. The first-order valence-corrected chi connectivity index (χ1v) is 10.5. The van der Waals surface area contributed by atoms with Crippen molar-refractivity contribution in [1.82, 2.24) is 0 Å². The molecule has 4 rings (SSSR count). The van der Waals surface area contributed by atoms with E-state index in [0.29, 0.717) is 33.6 Å². The predicted octanol–water partition coefficient (Wildman–Crippen LogP) is 3.72. The molecule has 0 radical (unpaired) electrons. The fraction of sp³-hybridized carbons (Fsp3) is 0.125. The van der Waals surface area contributed by atoms with Gasteiger partial charge in [-0.05, 0) is 42.5 Å². The highest BCUT2D eigenvalue weighted by molar-refractivity contribution is 6.32. The highest BCUT2D eigenvalue weighted by Crippen LogP contribution is 2.34. The molecule has 0 aliphatic carbocycles. The monoisotopic (exact) mass is 465 g/mol. The molecule has 1 aliphatic rings. The van der Waals surface area contributed by atoms with Crippen molar-refractivity contribution in [2.24, 2.45) is 0 Å². The molecule has 3 amide bonds. The van der Waals surface area contributed by atoms with Crippen LogP contribution < -0.4 is 25.0 Å². The zero-order chi connectivity index (χ0) is 23.2. The fourth-order valence-electron chi connectivity index (χ4n) is 3.22. The second-order valence-electron chi connectivity index (χ2n) is 7.13. The van der Waals surface area contributed by atoms with Crippen LogP contribution in [-0.2, 0) is 14.4 Å². The Morgan fingerprint density at radius 2 is 1.67 bits per heavy atom. The lowest BCUT2D eigenvalue weighted by Crippen LogP contribution is -2.43. The van der Waals surface area contributed by atoms with Crippen molar-refractivity contribution in [2.75, 3.05) is 35.3 Å². The van der Waals surface area contributed by atoms with E-state index in [1.54, 1.807) is 66.7 Å². The second kappa shape index (κ2) is 10.1. The van der Waals surface area contributed by atoms with Crippen LogP contribution in [-0.4, -0.2) is 37.5 Å². The zero-order valence-corrected chi connectivity index (χ0v) is 18.2. The van der Waals surface area contributed by atoms with Gasteiger partial charge in [0, 0.05) is 11.4 Å². The van der Waals surface area contributed by atoms with E-state index >= 15 is 0 Å². The van der Waals surface area contributed by atoms with Gasteiger partial charge < -0.3 is 20.1 Å². The van der Waals surface area contributed by atoms with Gasteiger partial charge in [-0.3, -0.25) is 19.3 Å². The van der Waals surface area contributed by atoms with Crippen LogP contribution in [0.1, 0.15) is 0 Å². The number of hydrogen-bond acceptors (Lipinski definition) is 5. The van der Waals surface area contributed by atoms with Gasteiger partial charge in [0.1, 0.15) is 18.0 Å². The summed E-state index contributed by atoms with van der Waals surface area (Å²) in [6, 6.07) is 20.6. The van der Waals surface area contributed by atoms with E-state index in [2.05, 4.69) is 10.6 Å². The van der Waals surface area contributed by atoms with Gasteiger partial charge in [0.05, 0.1) is 10.7 Å². The van der Waals surface area contributed by atoms with Crippen molar-refractivity contribution in [3.63, 3.8) is 0 Å². The number of halogens is 1. The number of ether oxygens (including phenoxy) is 2. The number of nitrogens with zero attached hydrogens (tertiary/aromatic N) is 1. The van der Waals surface area contributed by atoms with Gasteiger partial charge in [0.25, 0.3) is 11.8 Å². The molecule has 0 spiro atoms. The quantitative estimate of drug-likeness (QED) is 0.554. The van der Waals surface area contributed by atoms with Crippen LogP contribution in [0, 0.1) is 0 Å². The van der Waals surface area contributed by atoms with E-state index in [1.807, 2.05) is 6.07 Å². The van der Waals surface area contributed by atoms with E-state index in [1.165, 1.54) is 4.90 Å². The Hall–Kier alpha value is -4.04. The second-order valence-corrected chi connectivity index (χ2v) is 7.54. The minimum absolute atomic E-state index is 0.178. The van der Waals surface area contributed by atoms with Crippen LogP contribution in [0.15, 0.2) is 72.8 Å². The van der Waals surface area contributed by atoms with Crippen LogP contribution in [0.3, 0.4) is 0 Å². The molecule has 3 aromatic rings. The van der Waals surface area contributed by atoms with Gasteiger partial charge in [-0.1, -0.05) is 41.9 Å². The average Bonchev–Trinajstić information content (AvgIpc) is 2.81. The van der Waals surface area contributed by atoms with Crippen molar-refractivity contribution >= 4 is 46.4 Å². The summed E-state index contributed by atoms with van der Waals surface area (Å²) in [5, 5.41) is 5.86. The summed E-state index contributed by atoms with van der Waals surface area (Å²) in [5.74, 6) is -0.297. The number of nitrogens with one attached hydrogen (secondary N) is 2. The highest BCUT2D eigenvalue weighted by atomic mass is 35.5. The smallest absolute Gasteiger partial charge is 0.265 e. The first-order valence-electron chi connectivity index (χ1n) is 10.1. The maximum absolute atomic E-state index is 12.5. The molecule has 33 heavy (non-hydrogen) atoms. The number of carbonyl (C=O) groups excluding carboxylic acids is 3. The predicted molar refractivity (Wildman–Crippen MR) is 125 cm³/mol. The van der Waals surface area contributed by atoms with Gasteiger partial charge >= 0.3 is 0 Å². The van der Waals surface area contributed by atoms with Gasteiger partial charge in [0.2, 0.25) is 5.91 Å². The molecular formula is C24H20ClN3O5. The molecule has 0 bridgehead atoms. The number of hydrogen-bond donors (Lipinski definition) is 2. The summed E-state index contributed by atoms with van der Waals surface area (Å²) < 4.78 is 10.9. The molecule has 0 saturated heterocycles. The van der Waals surface area contributed by atoms with Crippen LogP contribution in [0.25, 0.3) is 0 Å². The molecular weight excluding hydrogens is 446 g/mol. The molecule has 168 valence electrons. The maximum Gasteiger partial charge on any atom is 0.265 e. The number of amides is 3. The largest absolute Gasteiger partial charge is 0.482 e. The Morgan fingerprint density at radius 3 is 2.45 bits per heavy atom. The number of rotatable bonds is 7. The van der Waals surface area contributed by atoms with E-state index in [4.69, 9.17) is 21.1 Å². The summed E-state index contributed by atoms with van der Waals surface area (Å²) in [6.45, 7) is -0.625. The van der Waals surface area contributed by atoms with Crippen LogP contribution in [0.5, 0.6) is 11.5 Å². The Balaban J connectivity index is 1.43. The number of carbonyl (C=O) groups is 3. The van der Waals surface area contributed by atoms with E-state index in [9.17, 15) is 14.4 Å². The van der Waals surface area contributed by atoms with Crippen molar-refractivity contribution in [1.29, 1.82) is 0 Å². The van der Waals surface area contributed by atoms with Gasteiger partial charge in [-0.25, -0.2) is 0 Å². The third kappa shape index (κ3) is 5.61. The lowest BCUT2D eigenvalue weighted by atomic mass is 10.2.